The lowest BCUT2D eigenvalue weighted by atomic mass is 9.84. The van der Waals surface area contributed by atoms with Crippen molar-refractivity contribution in [3.05, 3.63) is 60.8 Å². The average Bonchev–Trinajstić information content (AvgIpc) is 3.26. The van der Waals surface area contributed by atoms with Crippen LogP contribution in [0.3, 0.4) is 0 Å². The number of carbonyl (C=O) groups is 3. The van der Waals surface area contributed by atoms with Crippen LogP contribution in [0.1, 0.15) is 136 Å². The van der Waals surface area contributed by atoms with Gasteiger partial charge in [0, 0.05) is 31.1 Å². The van der Waals surface area contributed by atoms with Gasteiger partial charge in [0.2, 0.25) is 0 Å². The van der Waals surface area contributed by atoms with Crippen LogP contribution in [0.15, 0.2) is 60.8 Å². The molecule has 8 N–H and O–H groups in total. The molecule has 12 atom stereocenters. The first-order valence-corrected chi connectivity index (χ1v) is 24.7. The van der Waals surface area contributed by atoms with Crippen molar-refractivity contribution in [3.8, 4) is 0 Å². The third-order valence-corrected chi connectivity index (χ3v) is 12.2. The van der Waals surface area contributed by atoms with Crippen molar-refractivity contribution in [3.63, 3.8) is 0 Å². The maximum Gasteiger partial charge on any atom is 0.472 e. The minimum Gasteiger partial charge on any atom is -0.462 e. The quantitative estimate of drug-likeness (QED) is 0.0304. The number of Topliss-reactive ketones (excluding diaryl/α,β-unsaturated/α-hetero) is 1. The molecule has 64 heavy (non-hydrogen) atoms. The molecule has 0 spiro atoms. The largest absolute Gasteiger partial charge is 0.472 e. The summed E-state index contributed by atoms with van der Waals surface area (Å²) in [7, 11) is -5.46. The second-order valence-corrected chi connectivity index (χ2v) is 18.1. The molecule has 1 unspecified atom stereocenters. The summed E-state index contributed by atoms with van der Waals surface area (Å²) >= 11 is 0. The Morgan fingerprint density at radius 1 is 0.828 bits per heavy atom. The van der Waals surface area contributed by atoms with Crippen molar-refractivity contribution in [1.82, 2.24) is 0 Å². The highest BCUT2D eigenvalue weighted by Gasteiger charge is 2.49. The number of phosphoric ester groups is 1. The topological polar surface area (TPSA) is 267 Å². The number of phosphoric acid groups is 1. The Morgan fingerprint density at radius 2 is 1.45 bits per heavy atom. The fraction of sp³-hybridized carbons (Fsp3) is 0.723. The van der Waals surface area contributed by atoms with Crippen LogP contribution < -0.4 is 0 Å². The number of aliphatic hydroxyl groups is 7. The number of aliphatic hydroxyl groups excluding tert-OH is 7. The summed E-state index contributed by atoms with van der Waals surface area (Å²) in [6, 6.07) is 0. The van der Waals surface area contributed by atoms with Gasteiger partial charge < -0.3 is 50.1 Å². The number of carbonyl (C=O) groups excluding carboxylic acids is 3. The monoisotopic (exact) mass is 928 g/mol. The highest BCUT2D eigenvalue weighted by atomic mass is 31.2. The maximum absolute atomic E-state index is 13.6. The lowest BCUT2D eigenvalue weighted by Gasteiger charge is -2.36. The maximum atomic E-state index is 13.6. The zero-order valence-electron chi connectivity index (χ0n) is 37.8. The summed E-state index contributed by atoms with van der Waals surface area (Å²) in [6.07, 6.45) is 11.1. The Hall–Kier alpha value is -2.86. The van der Waals surface area contributed by atoms with Crippen molar-refractivity contribution in [2.75, 3.05) is 13.2 Å². The van der Waals surface area contributed by atoms with E-state index in [1.807, 2.05) is 13.0 Å². The van der Waals surface area contributed by atoms with Crippen LogP contribution in [0.4, 0.5) is 0 Å². The second-order valence-electron chi connectivity index (χ2n) is 16.7. The van der Waals surface area contributed by atoms with Gasteiger partial charge in [-0.25, -0.2) is 4.57 Å². The molecule has 0 radical (unpaired) electrons. The smallest absolute Gasteiger partial charge is 0.462 e. The van der Waals surface area contributed by atoms with Crippen molar-refractivity contribution in [1.29, 1.82) is 0 Å². The summed E-state index contributed by atoms with van der Waals surface area (Å²) in [5, 5.41) is 78.3. The molecular formula is C47H77O16P. The first-order chi connectivity index (χ1) is 30.6. The first kappa shape index (κ1) is 57.3. The van der Waals surface area contributed by atoms with E-state index in [9.17, 15) is 59.6 Å². The summed E-state index contributed by atoms with van der Waals surface area (Å²) in [5.41, 5.74) is 0. The minimum absolute atomic E-state index is 0.0525. The fourth-order valence-electron chi connectivity index (χ4n) is 7.29. The van der Waals surface area contributed by atoms with E-state index in [0.717, 1.165) is 38.5 Å². The number of hydrogen-bond acceptors (Lipinski definition) is 15. The van der Waals surface area contributed by atoms with Crippen molar-refractivity contribution >= 4 is 25.5 Å². The van der Waals surface area contributed by atoms with Crippen LogP contribution >= 0.6 is 7.82 Å². The average molecular weight is 929 g/mol. The number of ketones is 1. The molecule has 1 saturated carbocycles. The molecule has 0 saturated heterocycles. The highest BCUT2D eigenvalue weighted by Crippen LogP contribution is 2.47. The zero-order valence-corrected chi connectivity index (χ0v) is 38.7. The van der Waals surface area contributed by atoms with E-state index in [1.54, 1.807) is 6.08 Å². The molecule has 0 aromatic heterocycles. The highest BCUT2D eigenvalue weighted by molar-refractivity contribution is 7.47. The molecule has 1 aliphatic heterocycles. The molecule has 0 amide bonds. The third-order valence-electron chi connectivity index (χ3n) is 11.2. The van der Waals surface area contributed by atoms with Gasteiger partial charge >= 0.3 is 19.8 Å². The zero-order chi connectivity index (χ0) is 47.3. The number of hydrogen-bond donors (Lipinski definition) is 8. The molecule has 17 heteroatoms. The molecular weight excluding hydrogens is 851 g/mol. The summed E-state index contributed by atoms with van der Waals surface area (Å²) in [6.45, 7) is 2.72. The van der Waals surface area contributed by atoms with Gasteiger partial charge in [-0.3, -0.25) is 23.4 Å². The van der Waals surface area contributed by atoms with E-state index in [0.29, 0.717) is 32.1 Å². The molecule has 2 aliphatic rings. The SMILES string of the molecule is CCCCC/C=C\C/C=C\C/C=C\CCCCC(=O)OC[C@@H]1COP(=O)(O)O[C@H]2[C@H](O)[C@@H](O)[C@H](O)[C@@H](CC=CCCCC(=O)O1)C(=O)C[C@@H](O)[C@H](/C=C/[C@@H](O)CCCCC)[C@@H](O)[C@H]2O. The normalized spacial score (nSPS) is 31.4. The molecule has 1 heterocycles. The first-order valence-electron chi connectivity index (χ1n) is 23.2. The third kappa shape index (κ3) is 23.0. The lowest BCUT2D eigenvalue weighted by Crippen LogP contribution is -2.55. The molecule has 0 aromatic carbocycles. The molecule has 2 bridgehead atoms. The number of allylic oxidation sites excluding steroid dienone is 8. The number of rotatable bonds is 21. The Bertz CT molecular complexity index is 1530. The number of unbranched alkanes of at least 4 members (excludes halogenated alkanes) is 7. The van der Waals surface area contributed by atoms with Gasteiger partial charge in [-0.2, -0.15) is 0 Å². The van der Waals surface area contributed by atoms with Crippen LogP contribution in [0.5, 0.6) is 0 Å². The van der Waals surface area contributed by atoms with E-state index in [4.69, 9.17) is 18.5 Å². The van der Waals surface area contributed by atoms with Gasteiger partial charge in [-0.15, -0.1) is 0 Å². The number of ether oxygens (including phenoxy) is 2. The summed E-state index contributed by atoms with van der Waals surface area (Å²) < 4.78 is 34.5. The summed E-state index contributed by atoms with van der Waals surface area (Å²) in [4.78, 5) is 49.9. The number of esters is 2. The van der Waals surface area contributed by atoms with Gasteiger partial charge in [0.25, 0.3) is 0 Å². The molecule has 1 fully saturated rings. The predicted octanol–water partition coefficient (Wildman–Crippen LogP) is 5.53. The van der Waals surface area contributed by atoms with E-state index < -0.39 is 112 Å². The molecule has 1 aliphatic carbocycles. The van der Waals surface area contributed by atoms with Crippen LogP contribution in [0, 0.1) is 11.8 Å². The van der Waals surface area contributed by atoms with E-state index in [-0.39, 0.29) is 25.7 Å². The van der Waals surface area contributed by atoms with Gasteiger partial charge in [0.15, 0.2) is 6.10 Å². The van der Waals surface area contributed by atoms with Gasteiger partial charge in [-0.1, -0.05) is 107 Å². The molecule has 16 nitrogen and oxygen atoms in total. The lowest BCUT2D eigenvalue weighted by molar-refractivity contribution is -0.166. The van der Waals surface area contributed by atoms with Gasteiger partial charge in [-0.05, 0) is 70.6 Å². The minimum atomic E-state index is -5.46. The van der Waals surface area contributed by atoms with Crippen LogP contribution in [0.2, 0.25) is 0 Å². The standard InChI is InChI=1S/C47H77O16P/c1-3-5-7-8-9-10-11-12-13-14-15-16-17-18-23-27-40(51)60-32-35-33-61-64(58,59)63-47-45(56)43(54)37(30-29-34(48)25-21-6-4-2)39(50)31-38(49)36(42(53)44(55)46(47)57)26-22-19-20-24-28-41(52)62-35/h9-10,12-13,15-16,19,22,29-30,34-37,39,42-48,50,53-57H,3-8,11,14,17-18,20-21,23-28,31-33H2,1-2H3,(H,58,59)/b10-9-,13-12-,16-15-,22-19?,30-29+/t34-,35+,36-,37-,39+,42+,43+,44-,45+,46+,47+/m0/s1. The molecule has 366 valence electrons. The Kier molecular flexibility index (Phi) is 29.3. The van der Waals surface area contributed by atoms with Crippen LogP contribution in [-0.2, 0) is 37.5 Å². The Balaban J connectivity index is 2.19. The fourth-order valence-corrected chi connectivity index (χ4v) is 8.26. The van der Waals surface area contributed by atoms with E-state index >= 15 is 0 Å². The summed E-state index contributed by atoms with van der Waals surface area (Å²) in [5.74, 6) is -5.12. The van der Waals surface area contributed by atoms with Gasteiger partial charge in [0.1, 0.15) is 36.8 Å². The predicted molar refractivity (Wildman–Crippen MR) is 240 cm³/mol. The van der Waals surface area contributed by atoms with Crippen LogP contribution in [0.25, 0.3) is 0 Å². The van der Waals surface area contributed by atoms with Gasteiger partial charge in [0.05, 0.1) is 31.0 Å². The Labute approximate surface area is 379 Å². The number of fused-ring (bicyclic) bond motifs is 4. The Morgan fingerprint density at radius 3 is 2.12 bits per heavy atom. The second kappa shape index (κ2) is 32.8. The van der Waals surface area contributed by atoms with Crippen molar-refractivity contribution in [2.45, 2.75) is 191 Å². The van der Waals surface area contributed by atoms with Crippen molar-refractivity contribution < 1.29 is 78.1 Å². The number of cyclic esters (lactones) is 1. The van der Waals surface area contributed by atoms with Crippen LogP contribution in [-0.4, -0.2) is 127 Å². The molecule has 2 rings (SSSR count). The van der Waals surface area contributed by atoms with Crippen molar-refractivity contribution in [2.24, 2.45) is 11.8 Å². The van der Waals surface area contributed by atoms with E-state index in [2.05, 4.69) is 37.3 Å². The van der Waals surface area contributed by atoms with E-state index in [1.165, 1.54) is 37.5 Å². The molecule has 0 aromatic rings.